The van der Waals surface area contributed by atoms with Crippen molar-refractivity contribution >= 4 is 21.7 Å². The molecule has 1 heterocycles. The largest absolute Gasteiger partial charge is 0.383 e. The molecule has 98 valence electrons. The van der Waals surface area contributed by atoms with Gasteiger partial charge < -0.3 is 5.73 Å². The average molecular weight is 318 g/mol. The van der Waals surface area contributed by atoms with Gasteiger partial charge in [0.1, 0.15) is 11.6 Å². The van der Waals surface area contributed by atoms with Crippen LogP contribution in [-0.2, 0) is 19.3 Å². The van der Waals surface area contributed by atoms with Crippen molar-refractivity contribution in [2.45, 2.75) is 32.1 Å². The minimum absolute atomic E-state index is 0.678. The number of anilines is 1. The lowest BCUT2D eigenvalue weighted by atomic mass is 9.96. The predicted octanol–water partition coefficient (Wildman–Crippen LogP) is 3.29. The SMILES string of the molecule is Nc1nc(Cc2ccc(Br)cc2)nc2c1CCCC2. The van der Waals surface area contributed by atoms with Gasteiger partial charge >= 0.3 is 0 Å². The molecule has 0 saturated heterocycles. The maximum absolute atomic E-state index is 6.06. The van der Waals surface area contributed by atoms with Crippen LogP contribution in [0.15, 0.2) is 28.7 Å². The van der Waals surface area contributed by atoms with E-state index in [0.29, 0.717) is 5.82 Å². The molecule has 1 aliphatic carbocycles. The minimum Gasteiger partial charge on any atom is -0.383 e. The molecule has 0 bridgehead atoms. The summed E-state index contributed by atoms with van der Waals surface area (Å²) in [7, 11) is 0. The summed E-state index contributed by atoms with van der Waals surface area (Å²) in [5, 5.41) is 0. The van der Waals surface area contributed by atoms with Gasteiger partial charge in [-0.05, 0) is 43.4 Å². The zero-order chi connectivity index (χ0) is 13.2. The van der Waals surface area contributed by atoms with Crippen LogP contribution in [0.4, 0.5) is 5.82 Å². The maximum Gasteiger partial charge on any atom is 0.135 e. The zero-order valence-corrected chi connectivity index (χ0v) is 12.3. The molecule has 0 amide bonds. The van der Waals surface area contributed by atoms with E-state index in [1.165, 1.54) is 24.0 Å². The third-order valence-corrected chi connectivity index (χ3v) is 4.07. The number of halogens is 1. The lowest BCUT2D eigenvalue weighted by Gasteiger charge is -2.17. The summed E-state index contributed by atoms with van der Waals surface area (Å²) in [6, 6.07) is 8.25. The lowest BCUT2D eigenvalue weighted by Crippen LogP contribution is -2.13. The number of nitrogens with zero attached hydrogens (tertiary/aromatic N) is 2. The summed E-state index contributed by atoms with van der Waals surface area (Å²) in [6.07, 6.45) is 5.22. The fourth-order valence-electron chi connectivity index (χ4n) is 2.54. The Labute approximate surface area is 121 Å². The molecule has 0 saturated carbocycles. The summed E-state index contributed by atoms with van der Waals surface area (Å²) in [6.45, 7) is 0. The molecule has 4 heteroatoms. The van der Waals surface area contributed by atoms with E-state index >= 15 is 0 Å². The Bertz CT molecular complexity index is 593. The minimum atomic E-state index is 0.678. The molecule has 0 aliphatic heterocycles. The lowest BCUT2D eigenvalue weighted by molar-refractivity contribution is 0.658. The first-order valence-corrected chi connectivity index (χ1v) is 7.40. The molecule has 0 fully saturated rings. The van der Waals surface area contributed by atoms with Gasteiger partial charge in [-0.25, -0.2) is 9.97 Å². The second-order valence-corrected chi connectivity index (χ2v) is 5.88. The highest BCUT2D eigenvalue weighted by molar-refractivity contribution is 9.10. The van der Waals surface area contributed by atoms with E-state index in [1.54, 1.807) is 0 Å². The molecule has 0 atom stereocenters. The number of hydrogen-bond donors (Lipinski definition) is 1. The molecular weight excluding hydrogens is 302 g/mol. The van der Waals surface area contributed by atoms with Crippen molar-refractivity contribution < 1.29 is 0 Å². The number of aromatic nitrogens is 2. The quantitative estimate of drug-likeness (QED) is 0.924. The van der Waals surface area contributed by atoms with Crippen molar-refractivity contribution in [3.05, 3.63) is 51.4 Å². The van der Waals surface area contributed by atoms with Gasteiger partial charge in [0.05, 0.1) is 0 Å². The molecular formula is C15H16BrN3. The van der Waals surface area contributed by atoms with Gasteiger partial charge in [-0.3, -0.25) is 0 Å². The third kappa shape index (κ3) is 2.78. The molecule has 2 N–H and O–H groups in total. The summed E-state index contributed by atoms with van der Waals surface area (Å²) < 4.78 is 1.09. The Morgan fingerprint density at radius 3 is 2.58 bits per heavy atom. The maximum atomic E-state index is 6.06. The Morgan fingerprint density at radius 2 is 1.79 bits per heavy atom. The molecule has 3 rings (SSSR count). The van der Waals surface area contributed by atoms with E-state index in [1.807, 2.05) is 12.1 Å². The highest BCUT2D eigenvalue weighted by Crippen LogP contribution is 2.24. The van der Waals surface area contributed by atoms with Gasteiger partial charge in [0.25, 0.3) is 0 Å². The van der Waals surface area contributed by atoms with E-state index in [-0.39, 0.29) is 0 Å². The first-order chi connectivity index (χ1) is 9.22. The van der Waals surface area contributed by atoms with Crippen LogP contribution in [0, 0.1) is 0 Å². The van der Waals surface area contributed by atoms with E-state index in [9.17, 15) is 0 Å². The van der Waals surface area contributed by atoms with Crippen molar-refractivity contribution in [1.29, 1.82) is 0 Å². The van der Waals surface area contributed by atoms with Gasteiger partial charge in [0, 0.05) is 22.2 Å². The highest BCUT2D eigenvalue weighted by Gasteiger charge is 2.16. The Hall–Kier alpha value is -1.42. The van der Waals surface area contributed by atoms with E-state index in [4.69, 9.17) is 5.73 Å². The fraction of sp³-hybridized carbons (Fsp3) is 0.333. The third-order valence-electron chi connectivity index (χ3n) is 3.54. The molecule has 3 nitrogen and oxygen atoms in total. The zero-order valence-electron chi connectivity index (χ0n) is 10.7. The molecule has 1 aromatic carbocycles. The van der Waals surface area contributed by atoms with E-state index < -0.39 is 0 Å². The van der Waals surface area contributed by atoms with Crippen molar-refractivity contribution in [1.82, 2.24) is 9.97 Å². The van der Waals surface area contributed by atoms with Crippen LogP contribution in [0.1, 0.15) is 35.5 Å². The Balaban J connectivity index is 1.89. The average Bonchev–Trinajstić information content (AvgIpc) is 2.42. The smallest absolute Gasteiger partial charge is 0.135 e. The Kier molecular flexibility index (Phi) is 3.51. The van der Waals surface area contributed by atoms with Gasteiger partial charge in [-0.1, -0.05) is 28.1 Å². The monoisotopic (exact) mass is 317 g/mol. The fourth-order valence-corrected chi connectivity index (χ4v) is 2.80. The van der Waals surface area contributed by atoms with Crippen LogP contribution in [-0.4, -0.2) is 9.97 Å². The van der Waals surface area contributed by atoms with E-state index in [2.05, 4.69) is 38.0 Å². The molecule has 1 aromatic heterocycles. The second kappa shape index (κ2) is 5.29. The number of nitrogen functional groups attached to an aromatic ring is 1. The summed E-state index contributed by atoms with van der Waals surface area (Å²) >= 11 is 3.44. The van der Waals surface area contributed by atoms with Crippen LogP contribution in [0.3, 0.4) is 0 Å². The van der Waals surface area contributed by atoms with Gasteiger partial charge in [-0.2, -0.15) is 0 Å². The van der Waals surface area contributed by atoms with Crippen LogP contribution in [0.2, 0.25) is 0 Å². The number of hydrogen-bond acceptors (Lipinski definition) is 3. The molecule has 1 aliphatic rings. The highest BCUT2D eigenvalue weighted by atomic mass is 79.9. The van der Waals surface area contributed by atoms with Crippen molar-refractivity contribution in [3.63, 3.8) is 0 Å². The first-order valence-electron chi connectivity index (χ1n) is 6.61. The number of rotatable bonds is 2. The van der Waals surface area contributed by atoms with Crippen LogP contribution in [0.5, 0.6) is 0 Å². The van der Waals surface area contributed by atoms with Gasteiger partial charge in [0.2, 0.25) is 0 Å². The summed E-state index contributed by atoms with van der Waals surface area (Å²) in [4.78, 5) is 9.15. The van der Waals surface area contributed by atoms with Crippen LogP contribution < -0.4 is 5.73 Å². The number of benzene rings is 1. The predicted molar refractivity (Wildman–Crippen MR) is 80.0 cm³/mol. The summed E-state index contributed by atoms with van der Waals surface area (Å²) in [5.41, 5.74) is 9.60. The van der Waals surface area contributed by atoms with Crippen LogP contribution in [0.25, 0.3) is 0 Å². The van der Waals surface area contributed by atoms with Crippen molar-refractivity contribution in [3.8, 4) is 0 Å². The number of aryl methyl sites for hydroxylation is 1. The summed E-state index contributed by atoms with van der Waals surface area (Å²) in [5.74, 6) is 1.51. The number of fused-ring (bicyclic) bond motifs is 1. The van der Waals surface area contributed by atoms with Crippen LogP contribution >= 0.6 is 15.9 Å². The number of nitrogens with two attached hydrogens (primary N) is 1. The van der Waals surface area contributed by atoms with Gasteiger partial charge in [0.15, 0.2) is 0 Å². The van der Waals surface area contributed by atoms with Crippen molar-refractivity contribution in [2.24, 2.45) is 0 Å². The molecule has 0 spiro atoms. The molecule has 19 heavy (non-hydrogen) atoms. The molecule has 0 radical (unpaired) electrons. The second-order valence-electron chi connectivity index (χ2n) is 4.96. The first kappa shape index (κ1) is 12.6. The van der Waals surface area contributed by atoms with Gasteiger partial charge in [-0.15, -0.1) is 0 Å². The standard InChI is InChI=1S/C15H16BrN3/c16-11-7-5-10(6-8-11)9-14-18-13-4-2-1-3-12(13)15(17)19-14/h5-8H,1-4,9H2,(H2,17,18,19). The van der Waals surface area contributed by atoms with E-state index in [0.717, 1.165) is 35.3 Å². The Morgan fingerprint density at radius 1 is 1.05 bits per heavy atom. The normalized spacial score (nSPS) is 14.2. The molecule has 0 unspecified atom stereocenters. The van der Waals surface area contributed by atoms with Crippen molar-refractivity contribution in [2.75, 3.05) is 5.73 Å². The molecule has 2 aromatic rings. The topological polar surface area (TPSA) is 51.8 Å².